The number of hydrogen-bond donors (Lipinski definition) is 1. The third kappa shape index (κ3) is 13.0. The second-order valence-corrected chi connectivity index (χ2v) is 33.7. The largest absolute Gasteiger partial charge is 0.511 e. The van der Waals surface area contributed by atoms with Crippen molar-refractivity contribution < 1.29 is 122 Å². The zero-order valence-corrected chi connectivity index (χ0v) is 67.2. The van der Waals surface area contributed by atoms with E-state index in [0.717, 1.165) is 159 Å². The zero-order chi connectivity index (χ0) is 144. The average Bonchev–Trinajstić information content (AvgIpc) is 1.54. The van der Waals surface area contributed by atoms with Crippen LogP contribution in [0.2, 0.25) is 0 Å². The lowest BCUT2D eigenvalue weighted by Crippen LogP contribution is -2.51. The predicted octanol–water partition coefficient (Wildman–Crippen LogP) is 22.4. The molecule has 12 aromatic rings. The number of pyridine rings is 3. The van der Waals surface area contributed by atoms with Gasteiger partial charge in [0, 0.05) is 209 Å². The Kier molecular flexibility index (Phi) is 12.4. The van der Waals surface area contributed by atoms with E-state index in [9.17, 15) is 30.0 Å². The Morgan fingerprint density at radius 2 is 0.923 bits per heavy atom. The Balaban J connectivity index is -0.000000124. The summed E-state index contributed by atoms with van der Waals surface area (Å²) in [5.41, 5.74) is 19.2. The van der Waals surface area contributed by atoms with Crippen molar-refractivity contribution in [3.05, 3.63) is 244 Å². The van der Waals surface area contributed by atoms with Gasteiger partial charge in [-0.3, -0.25) is 29.3 Å². The molecule has 8 aliphatic carbocycles. The molecular formula is C90H153N21O6. The molecule has 0 aromatic carbocycles. The lowest BCUT2D eigenvalue weighted by molar-refractivity contribution is -0.139. The molecule has 0 amide bonds. The van der Waals surface area contributed by atoms with E-state index in [4.69, 9.17) is 116 Å². The number of carbonyl (C=O) groups is 3. The molecule has 13 atom stereocenters. The topological polar surface area (TPSA) is 366 Å². The fourth-order valence-corrected chi connectivity index (χ4v) is 21.2. The number of Topliss-reactive ketones (excluding diaryl/α,β-unsaturated/α-hetero) is 3. The molecule has 1 N–H and O–H groups in total. The molecule has 117 heavy (non-hydrogen) atoms. The fraction of sp³-hybridized carbons (Fsp3) is 0.389. The fourth-order valence-electron chi connectivity index (χ4n) is 21.2. The highest BCUT2D eigenvalue weighted by molar-refractivity contribution is 6.12. The first kappa shape index (κ1) is 48.5. The number of aliphatic hydroxyl groups is 1. The summed E-state index contributed by atoms with van der Waals surface area (Å²) in [7, 11) is 0. The number of aromatic nitrogens is 19. The van der Waals surface area contributed by atoms with Gasteiger partial charge in [0.1, 0.15) is 77.2 Å². The minimum Gasteiger partial charge on any atom is -0.511 e. The van der Waals surface area contributed by atoms with E-state index in [2.05, 4.69) is 123 Å². The van der Waals surface area contributed by atoms with Crippen molar-refractivity contribution >= 4 is 17.3 Å². The van der Waals surface area contributed by atoms with Crippen molar-refractivity contribution in [3.63, 3.8) is 0 Å². The van der Waals surface area contributed by atoms with Gasteiger partial charge >= 0.3 is 0 Å². The van der Waals surface area contributed by atoms with Gasteiger partial charge in [-0.1, -0.05) is 71.8 Å². The number of allylic oxidation sites excluding steroid dienone is 4. The van der Waals surface area contributed by atoms with Crippen LogP contribution >= 0.6 is 0 Å². The molecular weight excluding hydrogens is 1470 g/mol. The first-order valence-corrected chi connectivity index (χ1v) is 40.1. The minimum absolute atomic E-state index is 0. The summed E-state index contributed by atoms with van der Waals surface area (Å²) in [5, 5.41) is 53.1. The number of carbonyl (C=O) groups excluding carboxylic acids is 3. The van der Waals surface area contributed by atoms with E-state index in [0.29, 0.717) is 42.4 Å². The quantitative estimate of drug-likeness (QED) is 0.109. The molecule has 27 heteroatoms. The van der Waals surface area contributed by atoms with E-state index < -0.39 is 16.7 Å². The first-order chi connectivity index (χ1) is 87.5. The van der Waals surface area contributed by atoms with Crippen LogP contribution in [-0.2, 0) is 57.9 Å². The van der Waals surface area contributed by atoms with E-state index >= 15 is 0 Å². The van der Waals surface area contributed by atoms with Crippen LogP contribution in [0.25, 0.3) is 51.2 Å². The summed E-state index contributed by atoms with van der Waals surface area (Å²) in [6.07, 6.45) is 32.6. The Hall–Kier alpha value is -12.9. The van der Waals surface area contributed by atoms with Gasteiger partial charge in [0.25, 0.3) is 0 Å². The molecule has 27 nitrogen and oxygen atoms in total. The molecule has 12 heterocycles. The highest BCUT2D eigenvalue weighted by Crippen LogP contribution is 2.59. The van der Waals surface area contributed by atoms with Crippen LogP contribution in [0, 0.1) is 90.3 Å². The van der Waals surface area contributed by atoms with Crippen LogP contribution in [0.15, 0.2) is 174 Å². The Morgan fingerprint density at radius 1 is 0.496 bits per heavy atom. The molecule has 1 unspecified atom stereocenters. The third-order valence-electron chi connectivity index (χ3n) is 26.9. The molecule has 8 aliphatic rings. The van der Waals surface area contributed by atoms with Gasteiger partial charge < -0.3 is 14.2 Å². The number of fused-ring (bicyclic) bond motifs is 12. The van der Waals surface area contributed by atoms with Gasteiger partial charge in [0.05, 0.1) is 105 Å². The highest BCUT2D eigenvalue weighted by atomic mass is 16.5. The maximum absolute atomic E-state index is 13.3. The van der Waals surface area contributed by atoms with Crippen LogP contribution in [-0.4, -0.2) is 117 Å². The van der Waals surface area contributed by atoms with Crippen LogP contribution < -0.4 is 0 Å². The van der Waals surface area contributed by atoms with E-state index in [1.54, 1.807) is 43.5 Å². The minimum atomic E-state index is -0.616. The van der Waals surface area contributed by atoms with Gasteiger partial charge in [-0.05, 0) is 176 Å². The lowest BCUT2D eigenvalue weighted by atomic mass is 9.54. The van der Waals surface area contributed by atoms with Gasteiger partial charge in [-0.25, -0.2) is 53.9 Å². The van der Waals surface area contributed by atoms with Crippen molar-refractivity contribution in [2.45, 2.75) is 175 Å². The summed E-state index contributed by atoms with van der Waals surface area (Å²) >= 11 is 0. The van der Waals surface area contributed by atoms with Crippen molar-refractivity contribution in [2.24, 2.45) is 46.8 Å². The molecule has 1 saturated carbocycles. The average molecular weight is 1750 g/mol. The lowest BCUT2D eigenvalue weighted by Gasteiger charge is -2.47. The van der Waals surface area contributed by atoms with E-state index in [1.807, 2.05) is 130 Å². The van der Waals surface area contributed by atoms with Crippen LogP contribution in [0.3, 0.4) is 0 Å². The summed E-state index contributed by atoms with van der Waals surface area (Å²) in [4.78, 5) is 85.7. The Bertz CT molecular complexity index is 6150. The Morgan fingerprint density at radius 3 is 1.36 bits per heavy atom. The number of nitriles is 2. The van der Waals surface area contributed by atoms with Gasteiger partial charge in [0.15, 0.2) is 11.6 Å². The third-order valence-corrected chi connectivity index (χ3v) is 26.9. The zero-order valence-electron chi connectivity index (χ0n) is 129. The molecule has 1 fully saturated rings. The maximum atomic E-state index is 13.3. The molecule has 654 valence electrons. The molecule has 0 aliphatic heterocycles. The maximum Gasteiger partial charge on any atom is 0.191 e. The molecule has 0 saturated heterocycles. The predicted molar refractivity (Wildman–Crippen MR) is 496 cm³/mol. The summed E-state index contributed by atoms with van der Waals surface area (Å²) < 4.78 is 327. The number of nitrogens with zero attached hydrogens (tertiary/aromatic N) is 21. The van der Waals surface area contributed by atoms with Crippen LogP contribution in [0.1, 0.15) is 283 Å². The molecule has 12 aromatic heterocycles. The Labute approximate surface area is 773 Å². The summed E-state index contributed by atoms with van der Waals surface area (Å²) in [5.74, 6) is 2.43. The molecule has 0 bridgehead atoms. The standard InChI is InChI=1S/2C24H24N6O.C24H22N6O.C18H19N3O3.32H2/c1-14-4-5-17(12-26-14)30-23-18(21(29-30)20-8-9-25-13-27-20)6-7-19-15(2)22-16(11-28-31-22)10-24(19,23)3;2*1-14-4-5-17(12-27-14)30-23-18(21(29-30)20-8-9-26-13-28-20)6-7-19-15(2)22(31)16(11-25)10-24(19,23)3;1-10-13-4-3-12(15(22)14-5-6-19-9-20-14)17(23)18(13,2)7-11-8-21-24-16(10)11;;;;;;;;;;;;;;;;;;;;;;;;;;;;;;;;/h4-5,8-9,11-13,15,19H,6-7,10H2,1-3H3;4-5,8-9,12-13,15,19,31H,6-7,10H2,1-3H3;4-5,8-10,12-13,15,19H,6-7H2,1-3H3;5-6,8-10,12-13H,3-4,7H2,1-2H3;32*1H/t3*15-,19-,24-;10-,12?,13-,18-;;;;;;;;;;;;;;;;;;;;;;;;;;;;;;;;/m1111................................/s1/i;;;;31*1+2T;1+2. The second-order valence-electron chi connectivity index (χ2n) is 33.7. The van der Waals surface area contributed by atoms with Crippen molar-refractivity contribution in [3.8, 4) is 63.4 Å². The van der Waals surface area contributed by atoms with Crippen molar-refractivity contribution in [2.75, 3.05) is 0 Å². The highest BCUT2D eigenvalue weighted by Gasteiger charge is 2.58. The number of hydrogen-bond acceptors (Lipinski definition) is 24. The van der Waals surface area contributed by atoms with Gasteiger partial charge in [0.2, 0.25) is 0 Å². The SMILES string of the molecule is C[C@H]1c2oncc2C[C@@]2(C)C(=O)C(C(=O)c3ccncn3)CC[C@H]12.Cc1ccc(-n2nc(-c3ccncn3)c3c2[C@]2(C)C=C(C#N)C(=O)[C@H](C)[C@H]2CC3)cn1.Cc1ccc(-n2nc(-c3ccncn3)c3c2[C@]2(C)CC(C#N)=C(O)[C@H](C)[C@H]2CC3)cn1.Cc1ccc(-n2nc(-c3ccncn3)c3c2[C@]2(C)Cc4cnoc4[C@H](C)[C@H]2CC3)cn1.[3HH].[3H][3H].[3H][3H].[3H][3H].[3H][3H].[3H][3H].[3H][3H].[3H][3H].[3H][3H].[3H][3H].[3H][3H].[3H][3H].[3H][3H].[3H][3H].[3H][3H].[3H][3H].[3H][3H].[3H][3H].[3H][3H].[3H][3H].[3H][3H].[3H][3H].[3H][3H].[3H][3H].[3H][3H].[3H][3H].[3H][3H].[3H][3H].[3H][3H].[3H][3H].[3H][3H].[3H][3H]. The smallest absolute Gasteiger partial charge is 0.191 e. The number of rotatable bonds is 8. The van der Waals surface area contributed by atoms with Crippen LogP contribution in [0.5, 0.6) is 0 Å². The second kappa shape index (κ2) is 30.1. The number of ketones is 3. The van der Waals surface area contributed by atoms with Crippen molar-refractivity contribution in [1.82, 2.24) is 94.5 Å². The van der Waals surface area contributed by atoms with Gasteiger partial charge in [-0.2, -0.15) is 25.8 Å². The van der Waals surface area contributed by atoms with Crippen LogP contribution in [0.4, 0.5) is 0 Å². The first-order valence-electron chi connectivity index (χ1n) is 71.1. The molecule has 0 spiro atoms. The monoisotopic (exact) mass is 1750 g/mol. The normalized spacial score (nSPS) is 28.3. The van der Waals surface area contributed by atoms with E-state index in [-0.39, 0.29) is 76.4 Å². The number of aliphatic hydroxyl groups excluding tert-OH is 1. The summed E-state index contributed by atoms with van der Waals surface area (Å²) in [6, 6.07) is 23.7. The van der Waals surface area contributed by atoms with Gasteiger partial charge in [-0.15, -0.1) is 0 Å². The van der Waals surface area contributed by atoms with E-state index in [1.165, 1.54) is 35.7 Å². The van der Waals surface area contributed by atoms with Crippen molar-refractivity contribution in [1.29, 1.82) is 10.5 Å². The molecule has 20 rings (SSSR count). The number of aryl methyl sites for hydroxylation is 3. The molecule has 0 radical (unpaired) electrons. The summed E-state index contributed by atoms with van der Waals surface area (Å²) in [6.45, 7) is 22.9.